The first kappa shape index (κ1) is 21.5. The molecule has 0 amide bonds. The number of nitrogens with one attached hydrogen (secondary N) is 1. The van der Waals surface area contributed by atoms with Crippen LogP contribution in [0.25, 0.3) is 5.65 Å². The Balaban J connectivity index is 1.54. The van der Waals surface area contributed by atoms with Crippen LogP contribution < -0.4 is 10.2 Å². The molecule has 8 heteroatoms. The Labute approximate surface area is 195 Å². The van der Waals surface area contributed by atoms with E-state index in [1.165, 1.54) is 5.82 Å². The largest absolute Gasteiger partial charge is 0.373 e. The van der Waals surface area contributed by atoms with Gasteiger partial charge in [0.1, 0.15) is 23.0 Å². The summed E-state index contributed by atoms with van der Waals surface area (Å²) in [5.41, 5.74) is 3.06. The molecule has 1 N–H and O–H groups in total. The van der Waals surface area contributed by atoms with Crippen molar-refractivity contribution in [2.24, 2.45) is 0 Å². The minimum Gasteiger partial charge on any atom is -0.373 e. The molecule has 2 saturated heterocycles. The second-order valence-electron chi connectivity index (χ2n) is 8.96. The summed E-state index contributed by atoms with van der Waals surface area (Å²) >= 11 is 6.53. The van der Waals surface area contributed by atoms with Crippen LogP contribution >= 0.6 is 11.6 Å². The molecule has 3 aromatic heterocycles. The predicted molar refractivity (Wildman–Crippen MR) is 131 cm³/mol. The molecule has 5 rings (SSSR count). The Morgan fingerprint density at radius 2 is 1.72 bits per heavy atom. The van der Waals surface area contributed by atoms with Crippen molar-refractivity contribution in [1.82, 2.24) is 24.2 Å². The number of piperazine rings is 1. The summed E-state index contributed by atoms with van der Waals surface area (Å²) < 4.78 is 2.30. The molecule has 5 heterocycles. The van der Waals surface area contributed by atoms with E-state index in [2.05, 4.69) is 61.7 Å². The zero-order valence-electron chi connectivity index (χ0n) is 19.1. The van der Waals surface area contributed by atoms with E-state index < -0.39 is 0 Å². The first-order chi connectivity index (χ1) is 15.6. The molecule has 0 aliphatic carbocycles. The van der Waals surface area contributed by atoms with Crippen LogP contribution in [0, 0.1) is 0 Å². The SMILES string of the molecule is CNc1c([C@H]2CCC[C@@H](c3ncccc3Cl)N2C)nc2cccc(N3CCN(C)CC3)n12. The maximum Gasteiger partial charge on any atom is 0.140 e. The van der Waals surface area contributed by atoms with E-state index in [4.69, 9.17) is 16.6 Å². The Kier molecular flexibility index (Phi) is 5.97. The van der Waals surface area contributed by atoms with Gasteiger partial charge in [0.25, 0.3) is 0 Å². The third kappa shape index (κ3) is 3.72. The number of piperidine rings is 1. The molecule has 2 aliphatic rings. The second-order valence-corrected chi connectivity index (χ2v) is 9.37. The molecule has 0 bridgehead atoms. The highest BCUT2D eigenvalue weighted by Gasteiger charge is 2.35. The Morgan fingerprint density at radius 3 is 2.44 bits per heavy atom. The topological polar surface area (TPSA) is 51.9 Å². The van der Waals surface area contributed by atoms with Crippen LogP contribution in [0.2, 0.25) is 5.02 Å². The molecule has 3 aromatic rings. The molecule has 32 heavy (non-hydrogen) atoms. The lowest BCUT2D eigenvalue weighted by molar-refractivity contribution is 0.110. The second kappa shape index (κ2) is 8.89. The summed E-state index contributed by atoms with van der Waals surface area (Å²) in [6.45, 7) is 4.20. The van der Waals surface area contributed by atoms with Gasteiger partial charge in [0.15, 0.2) is 0 Å². The molecular weight excluding hydrogens is 422 g/mol. The fourth-order valence-corrected chi connectivity index (χ4v) is 5.53. The fraction of sp³-hybridized carbons (Fsp3) is 0.500. The Morgan fingerprint density at radius 1 is 0.969 bits per heavy atom. The van der Waals surface area contributed by atoms with Gasteiger partial charge >= 0.3 is 0 Å². The van der Waals surface area contributed by atoms with Gasteiger partial charge in [0.05, 0.1) is 22.8 Å². The summed E-state index contributed by atoms with van der Waals surface area (Å²) in [5, 5.41) is 4.23. The summed E-state index contributed by atoms with van der Waals surface area (Å²) in [6.07, 6.45) is 5.08. The van der Waals surface area contributed by atoms with Crippen molar-refractivity contribution >= 4 is 28.9 Å². The normalized spacial score (nSPS) is 23.1. The van der Waals surface area contributed by atoms with Crippen molar-refractivity contribution in [3.05, 3.63) is 52.9 Å². The zero-order chi connectivity index (χ0) is 22.2. The third-order valence-corrected chi connectivity index (χ3v) is 7.39. The van der Waals surface area contributed by atoms with Crippen LogP contribution in [0.4, 0.5) is 11.6 Å². The first-order valence-corrected chi connectivity index (χ1v) is 11.9. The van der Waals surface area contributed by atoms with Gasteiger partial charge in [-0.25, -0.2) is 4.98 Å². The maximum atomic E-state index is 6.53. The highest BCUT2D eigenvalue weighted by atomic mass is 35.5. The van der Waals surface area contributed by atoms with E-state index in [1.807, 2.05) is 25.4 Å². The lowest BCUT2D eigenvalue weighted by atomic mass is 9.92. The lowest BCUT2D eigenvalue weighted by Gasteiger charge is -2.39. The van der Waals surface area contributed by atoms with Crippen molar-refractivity contribution in [2.75, 3.05) is 57.5 Å². The average Bonchev–Trinajstić information content (AvgIpc) is 3.19. The number of anilines is 2. The quantitative estimate of drug-likeness (QED) is 0.642. The van der Waals surface area contributed by atoms with Gasteiger partial charge in [0, 0.05) is 39.4 Å². The minimum atomic E-state index is 0.189. The molecule has 0 radical (unpaired) electrons. The van der Waals surface area contributed by atoms with Crippen LogP contribution in [0.15, 0.2) is 36.5 Å². The number of aromatic nitrogens is 3. The van der Waals surface area contributed by atoms with Crippen molar-refractivity contribution < 1.29 is 0 Å². The van der Waals surface area contributed by atoms with Crippen molar-refractivity contribution in [3.63, 3.8) is 0 Å². The number of hydrogen-bond acceptors (Lipinski definition) is 6. The van der Waals surface area contributed by atoms with Crippen molar-refractivity contribution in [1.29, 1.82) is 0 Å². The van der Waals surface area contributed by atoms with Gasteiger partial charge in [-0.05, 0) is 57.6 Å². The van der Waals surface area contributed by atoms with Crippen molar-refractivity contribution in [2.45, 2.75) is 31.3 Å². The smallest absolute Gasteiger partial charge is 0.140 e. The molecule has 0 spiro atoms. The van der Waals surface area contributed by atoms with Gasteiger partial charge in [0.2, 0.25) is 0 Å². The van der Waals surface area contributed by atoms with Crippen LogP contribution in [0.5, 0.6) is 0 Å². The number of nitrogens with zero attached hydrogens (tertiary/aromatic N) is 6. The number of rotatable bonds is 4. The van der Waals surface area contributed by atoms with Gasteiger partial charge in [-0.1, -0.05) is 17.7 Å². The van der Waals surface area contributed by atoms with Crippen molar-refractivity contribution in [3.8, 4) is 0 Å². The molecule has 0 saturated carbocycles. The van der Waals surface area contributed by atoms with Gasteiger partial charge in [-0.3, -0.25) is 14.3 Å². The van der Waals surface area contributed by atoms with E-state index in [0.29, 0.717) is 0 Å². The Hall–Kier alpha value is -2.35. The van der Waals surface area contributed by atoms with Crippen LogP contribution in [0.1, 0.15) is 42.7 Å². The van der Waals surface area contributed by atoms with E-state index in [9.17, 15) is 0 Å². The molecule has 2 atom stereocenters. The standard InChI is InChI=1S/C24H32ClN7/c1-26-24-23(19-9-4-8-18(30(19)3)22-17(25)7-6-12-27-22)28-20-10-5-11-21(32(20)24)31-15-13-29(2)14-16-31/h5-7,10-12,18-19,26H,4,8-9,13-16H2,1-3H3/t18-,19+/m0/s1. The molecule has 170 valence electrons. The number of imidazole rings is 1. The summed E-state index contributed by atoms with van der Waals surface area (Å²) in [4.78, 5) is 17.0. The molecule has 0 unspecified atom stereocenters. The Bertz CT molecular complexity index is 1090. The number of fused-ring (bicyclic) bond motifs is 1. The minimum absolute atomic E-state index is 0.189. The molecule has 0 aromatic carbocycles. The number of likely N-dealkylation sites (tertiary alicyclic amines) is 1. The van der Waals surface area contributed by atoms with E-state index in [-0.39, 0.29) is 12.1 Å². The van der Waals surface area contributed by atoms with E-state index in [0.717, 1.165) is 73.3 Å². The molecular formula is C24H32ClN7. The third-order valence-electron chi connectivity index (χ3n) is 7.07. The van der Waals surface area contributed by atoms with E-state index >= 15 is 0 Å². The highest BCUT2D eigenvalue weighted by molar-refractivity contribution is 6.31. The highest BCUT2D eigenvalue weighted by Crippen LogP contribution is 2.43. The monoisotopic (exact) mass is 453 g/mol. The number of pyridine rings is 2. The van der Waals surface area contributed by atoms with Gasteiger partial charge in [-0.15, -0.1) is 0 Å². The number of hydrogen-bond donors (Lipinski definition) is 1. The van der Waals surface area contributed by atoms with E-state index in [1.54, 1.807) is 0 Å². The van der Waals surface area contributed by atoms with Crippen LogP contribution in [-0.4, -0.2) is 71.5 Å². The number of halogens is 1. The molecule has 2 fully saturated rings. The van der Waals surface area contributed by atoms with Gasteiger partial charge < -0.3 is 15.1 Å². The number of likely N-dealkylation sites (N-methyl/N-ethyl adjacent to an activating group) is 1. The molecule has 7 nitrogen and oxygen atoms in total. The fourth-order valence-electron chi connectivity index (χ4n) is 5.28. The van der Waals surface area contributed by atoms with Crippen LogP contribution in [-0.2, 0) is 0 Å². The predicted octanol–water partition coefficient (Wildman–Crippen LogP) is 4.07. The summed E-state index contributed by atoms with van der Waals surface area (Å²) in [5.74, 6) is 2.29. The first-order valence-electron chi connectivity index (χ1n) is 11.5. The summed E-state index contributed by atoms with van der Waals surface area (Å²) in [7, 11) is 6.38. The zero-order valence-corrected chi connectivity index (χ0v) is 19.9. The lowest BCUT2D eigenvalue weighted by Crippen LogP contribution is -2.45. The molecule has 2 aliphatic heterocycles. The maximum absolute atomic E-state index is 6.53. The summed E-state index contributed by atoms with van der Waals surface area (Å²) in [6, 6.07) is 10.7. The average molecular weight is 454 g/mol. The van der Waals surface area contributed by atoms with Crippen LogP contribution in [0.3, 0.4) is 0 Å². The van der Waals surface area contributed by atoms with Gasteiger partial charge in [-0.2, -0.15) is 0 Å².